The SMILES string of the molecule is CC(C)C[C@H](N)C(=O)Nc1ccc2c(c1O)C(O)=C1C(=O)C3(O)C(O)=C(C(N)=O)C(=O)[C@@H](N(C)C)C3C(O)C1C2C. The molecule has 0 saturated heterocycles. The number of phenols is 1. The smallest absolute Gasteiger partial charge is 0.255 e. The second-order valence-electron chi connectivity index (χ2n) is 11.7. The quantitative estimate of drug-likeness (QED) is 0.164. The first-order valence-electron chi connectivity index (χ1n) is 13.2. The van der Waals surface area contributed by atoms with Crippen molar-refractivity contribution in [3.8, 4) is 5.75 Å². The van der Waals surface area contributed by atoms with Crippen molar-refractivity contribution >= 4 is 34.8 Å². The number of likely N-dealkylation sites (N-methyl/N-ethyl adjacent to an activating group) is 1. The number of amides is 2. The molecular formula is C28H36N4O9. The van der Waals surface area contributed by atoms with Gasteiger partial charge in [-0.2, -0.15) is 0 Å². The molecule has 13 nitrogen and oxygen atoms in total. The summed E-state index contributed by atoms with van der Waals surface area (Å²) in [5.41, 5.74) is 6.75. The lowest BCUT2D eigenvalue weighted by atomic mass is 9.54. The Balaban J connectivity index is 1.91. The van der Waals surface area contributed by atoms with Gasteiger partial charge in [0.15, 0.2) is 11.4 Å². The van der Waals surface area contributed by atoms with Gasteiger partial charge < -0.3 is 42.3 Å². The van der Waals surface area contributed by atoms with Crippen molar-refractivity contribution in [3.63, 3.8) is 0 Å². The Morgan fingerprint density at radius 3 is 2.29 bits per heavy atom. The number of nitrogens with zero attached hydrogens (tertiary/aromatic N) is 1. The molecule has 2 amide bonds. The van der Waals surface area contributed by atoms with Gasteiger partial charge in [-0.1, -0.05) is 26.8 Å². The number of hydrogen-bond donors (Lipinski definition) is 8. The molecule has 0 heterocycles. The summed E-state index contributed by atoms with van der Waals surface area (Å²) in [7, 11) is 2.87. The summed E-state index contributed by atoms with van der Waals surface area (Å²) in [6.07, 6.45) is -1.32. The molecule has 7 atom stereocenters. The third-order valence-corrected chi connectivity index (χ3v) is 8.45. The molecule has 222 valence electrons. The van der Waals surface area contributed by atoms with Crippen molar-refractivity contribution in [2.75, 3.05) is 19.4 Å². The molecule has 3 aliphatic carbocycles. The molecule has 3 aliphatic rings. The monoisotopic (exact) mass is 572 g/mol. The summed E-state index contributed by atoms with van der Waals surface area (Å²) in [6, 6.07) is 0.591. The van der Waals surface area contributed by atoms with Crippen LogP contribution in [0.5, 0.6) is 5.75 Å². The van der Waals surface area contributed by atoms with E-state index >= 15 is 0 Å². The number of nitrogens with one attached hydrogen (secondary N) is 1. The van der Waals surface area contributed by atoms with Crippen LogP contribution in [0.2, 0.25) is 0 Å². The van der Waals surface area contributed by atoms with E-state index in [9.17, 15) is 44.7 Å². The Bertz CT molecular complexity index is 1420. The second-order valence-corrected chi connectivity index (χ2v) is 11.7. The number of aromatic hydroxyl groups is 1. The van der Waals surface area contributed by atoms with Gasteiger partial charge in [0.1, 0.15) is 22.8 Å². The summed E-state index contributed by atoms with van der Waals surface area (Å²) in [5.74, 6) is -10.4. The van der Waals surface area contributed by atoms with E-state index in [0.717, 1.165) is 0 Å². The molecule has 1 aromatic carbocycles. The normalized spacial score (nSPS) is 30.2. The van der Waals surface area contributed by atoms with E-state index in [1.807, 2.05) is 13.8 Å². The number of anilines is 1. The molecule has 41 heavy (non-hydrogen) atoms. The number of rotatable bonds is 6. The van der Waals surface area contributed by atoms with Gasteiger partial charge in [-0.25, -0.2) is 0 Å². The number of carbonyl (C=O) groups is 4. The number of fused-ring (bicyclic) bond motifs is 3. The highest BCUT2D eigenvalue weighted by Crippen LogP contribution is 2.56. The highest BCUT2D eigenvalue weighted by molar-refractivity contribution is 6.24. The molecule has 1 fully saturated rings. The molecular weight excluding hydrogens is 536 g/mol. The van der Waals surface area contributed by atoms with Gasteiger partial charge in [-0.05, 0) is 44.0 Å². The van der Waals surface area contributed by atoms with Gasteiger partial charge in [0.05, 0.1) is 35.4 Å². The molecule has 13 heteroatoms. The van der Waals surface area contributed by atoms with Crippen LogP contribution in [-0.2, 0) is 19.2 Å². The van der Waals surface area contributed by atoms with Crippen molar-refractivity contribution in [2.24, 2.45) is 29.2 Å². The zero-order valence-electron chi connectivity index (χ0n) is 23.4. The van der Waals surface area contributed by atoms with Crippen LogP contribution in [-0.4, -0.2) is 91.7 Å². The second kappa shape index (κ2) is 10.2. The molecule has 4 rings (SSSR count). The Morgan fingerprint density at radius 1 is 1.15 bits per heavy atom. The van der Waals surface area contributed by atoms with E-state index in [1.54, 1.807) is 6.92 Å². The predicted octanol–water partition coefficient (Wildman–Crippen LogP) is -0.192. The Morgan fingerprint density at radius 2 is 1.76 bits per heavy atom. The van der Waals surface area contributed by atoms with E-state index < -0.39 is 93.3 Å². The average molecular weight is 573 g/mol. The molecule has 1 saturated carbocycles. The lowest BCUT2D eigenvalue weighted by Gasteiger charge is -2.53. The van der Waals surface area contributed by atoms with Crippen LogP contribution in [0.4, 0.5) is 5.69 Å². The van der Waals surface area contributed by atoms with Crippen LogP contribution in [0, 0.1) is 17.8 Å². The van der Waals surface area contributed by atoms with Crippen molar-refractivity contribution < 1.29 is 44.7 Å². The Kier molecular flexibility index (Phi) is 7.54. The molecule has 0 aromatic heterocycles. The minimum absolute atomic E-state index is 0.0964. The Hall–Kier alpha value is -3.78. The van der Waals surface area contributed by atoms with Crippen LogP contribution in [0.1, 0.15) is 44.2 Å². The maximum absolute atomic E-state index is 14.0. The number of aliphatic hydroxyl groups excluding tert-OH is 3. The summed E-state index contributed by atoms with van der Waals surface area (Å²) >= 11 is 0. The summed E-state index contributed by atoms with van der Waals surface area (Å²) in [6.45, 7) is 5.40. The topological polar surface area (TPSA) is 237 Å². The highest BCUT2D eigenvalue weighted by atomic mass is 16.4. The number of aliphatic hydroxyl groups is 4. The number of ketones is 2. The van der Waals surface area contributed by atoms with Gasteiger partial charge >= 0.3 is 0 Å². The maximum Gasteiger partial charge on any atom is 0.255 e. The fraction of sp³-hybridized carbons (Fsp3) is 0.500. The number of hydrogen-bond acceptors (Lipinski definition) is 11. The molecule has 0 spiro atoms. The number of phenolic OH excluding ortho intramolecular Hbond substituents is 1. The van der Waals surface area contributed by atoms with E-state index in [1.165, 1.54) is 31.1 Å². The van der Waals surface area contributed by atoms with Gasteiger partial charge in [0, 0.05) is 11.5 Å². The van der Waals surface area contributed by atoms with Crippen molar-refractivity contribution in [2.45, 2.75) is 56.9 Å². The molecule has 1 aromatic rings. The minimum atomic E-state index is -3.01. The molecule has 10 N–H and O–H groups in total. The van der Waals surface area contributed by atoms with Crippen LogP contribution < -0.4 is 16.8 Å². The van der Waals surface area contributed by atoms with Crippen LogP contribution in [0.3, 0.4) is 0 Å². The van der Waals surface area contributed by atoms with E-state index in [0.29, 0.717) is 12.0 Å². The van der Waals surface area contributed by atoms with Crippen LogP contribution in [0.25, 0.3) is 5.76 Å². The zero-order chi connectivity index (χ0) is 30.9. The number of benzene rings is 1. The van der Waals surface area contributed by atoms with Crippen molar-refractivity contribution in [1.29, 1.82) is 0 Å². The average Bonchev–Trinajstić information content (AvgIpc) is 2.86. The number of carbonyl (C=O) groups excluding carboxylic acids is 4. The van der Waals surface area contributed by atoms with E-state index in [2.05, 4.69) is 5.32 Å². The van der Waals surface area contributed by atoms with Gasteiger partial charge in [0.25, 0.3) is 5.91 Å². The molecule has 0 aliphatic heterocycles. The molecule has 0 radical (unpaired) electrons. The zero-order valence-corrected chi connectivity index (χ0v) is 23.4. The third-order valence-electron chi connectivity index (χ3n) is 8.45. The maximum atomic E-state index is 14.0. The lowest BCUT2D eigenvalue weighted by molar-refractivity contribution is -0.169. The molecule has 0 bridgehead atoms. The van der Waals surface area contributed by atoms with Crippen LogP contribution >= 0.6 is 0 Å². The van der Waals surface area contributed by atoms with Gasteiger partial charge in [-0.15, -0.1) is 0 Å². The fourth-order valence-corrected chi connectivity index (χ4v) is 6.56. The minimum Gasteiger partial charge on any atom is -0.508 e. The Labute approximate surface area is 236 Å². The summed E-state index contributed by atoms with van der Waals surface area (Å²) in [5, 5.41) is 59.4. The number of nitrogens with two attached hydrogens (primary N) is 2. The number of primary amides is 1. The van der Waals surface area contributed by atoms with Crippen molar-refractivity contribution in [1.82, 2.24) is 4.90 Å². The van der Waals surface area contributed by atoms with E-state index in [-0.39, 0.29) is 17.2 Å². The third kappa shape index (κ3) is 4.31. The highest BCUT2D eigenvalue weighted by Gasteiger charge is 2.68. The fourth-order valence-electron chi connectivity index (χ4n) is 6.56. The van der Waals surface area contributed by atoms with Crippen LogP contribution in [0.15, 0.2) is 29.0 Å². The summed E-state index contributed by atoms with van der Waals surface area (Å²) in [4.78, 5) is 53.3. The number of Topliss-reactive ketones (excluding diaryl/α,β-unsaturated/α-hetero) is 2. The van der Waals surface area contributed by atoms with Gasteiger partial charge in [-0.3, -0.25) is 24.1 Å². The summed E-state index contributed by atoms with van der Waals surface area (Å²) < 4.78 is 0. The van der Waals surface area contributed by atoms with Crippen molar-refractivity contribution in [3.05, 3.63) is 40.2 Å². The molecule has 5 unspecified atom stereocenters. The predicted molar refractivity (Wildman–Crippen MR) is 146 cm³/mol. The van der Waals surface area contributed by atoms with Gasteiger partial charge in [0.2, 0.25) is 11.7 Å². The first-order valence-corrected chi connectivity index (χ1v) is 13.2. The first-order chi connectivity index (χ1) is 19.0. The first kappa shape index (κ1) is 30.2. The largest absolute Gasteiger partial charge is 0.508 e. The lowest BCUT2D eigenvalue weighted by Crippen LogP contribution is -2.70. The standard InChI is InChI=1S/C28H36N4O9/c1-9(2)8-12(29)27(40)31-13-7-6-11-10(3)14-16(21(34)15(11)20(13)33)24(37)28(41)18(22(14)35)19(32(4)5)23(36)17(25(28)38)26(30)39/h6-7,9-10,12,14,18-19,22,33-35,38,41H,8,29H2,1-5H3,(H2,30,39)(H,31,40)/t10?,12-,14?,18?,19-,22?,28?/m0/s1. The van der Waals surface area contributed by atoms with E-state index in [4.69, 9.17) is 11.5 Å².